The van der Waals surface area contributed by atoms with Crippen LogP contribution in [0, 0.1) is 0 Å². The summed E-state index contributed by atoms with van der Waals surface area (Å²) in [6, 6.07) is 9.50. The van der Waals surface area contributed by atoms with E-state index < -0.39 is 18.0 Å². The summed E-state index contributed by atoms with van der Waals surface area (Å²) >= 11 is 0. The summed E-state index contributed by atoms with van der Waals surface area (Å²) in [7, 11) is 0. The molecule has 1 N–H and O–H groups in total. The molecule has 0 atom stereocenters. The van der Waals surface area contributed by atoms with Crippen molar-refractivity contribution in [2.75, 3.05) is 33.0 Å². The molecule has 0 heterocycles. The molecule has 0 saturated heterocycles. The fourth-order valence-electron chi connectivity index (χ4n) is 1.64. The van der Waals surface area contributed by atoms with Crippen molar-refractivity contribution in [3.8, 4) is 5.75 Å². The van der Waals surface area contributed by atoms with Gasteiger partial charge in [-0.15, -0.1) is 0 Å². The number of unbranched alkanes of at least 4 members (excludes halogenated alkanes) is 1. The van der Waals surface area contributed by atoms with E-state index in [1.165, 1.54) is 6.92 Å². The van der Waals surface area contributed by atoms with Crippen molar-refractivity contribution in [1.29, 1.82) is 0 Å². The van der Waals surface area contributed by atoms with Gasteiger partial charge in [-0.3, -0.25) is 10.1 Å². The van der Waals surface area contributed by atoms with Crippen molar-refractivity contribution in [1.82, 2.24) is 5.32 Å². The Hall–Kier alpha value is -3.13. The molecular formula is C22H31NO7. The van der Waals surface area contributed by atoms with E-state index in [1.54, 1.807) is 0 Å². The van der Waals surface area contributed by atoms with Crippen molar-refractivity contribution in [3.05, 3.63) is 55.1 Å². The van der Waals surface area contributed by atoms with Crippen LogP contribution < -0.4 is 10.1 Å². The molecule has 0 spiro atoms. The van der Waals surface area contributed by atoms with E-state index in [0.717, 1.165) is 24.7 Å². The number of carbonyl (C=O) groups is 3. The zero-order valence-corrected chi connectivity index (χ0v) is 17.7. The van der Waals surface area contributed by atoms with E-state index in [-0.39, 0.29) is 12.2 Å². The maximum Gasteiger partial charge on any atom is 0.414 e. The molecule has 0 unspecified atom stereocenters. The van der Waals surface area contributed by atoms with Gasteiger partial charge in [0.1, 0.15) is 19.0 Å². The van der Waals surface area contributed by atoms with Gasteiger partial charge < -0.3 is 18.9 Å². The van der Waals surface area contributed by atoms with Gasteiger partial charge in [0.25, 0.3) is 5.91 Å². The van der Waals surface area contributed by atoms with E-state index in [4.69, 9.17) is 18.9 Å². The highest BCUT2D eigenvalue weighted by Gasteiger charge is 2.07. The molecule has 1 aromatic rings. The Morgan fingerprint density at radius 3 is 2.27 bits per heavy atom. The number of hydrogen-bond donors (Lipinski definition) is 1. The minimum atomic E-state index is -0.707. The van der Waals surface area contributed by atoms with Crippen molar-refractivity contribution in [2.45, 2.75) is 26.7 Å². The Morgan fingerprint density at radius 2 is 1.67 bits per heavy atom. The Balaban J connectivity index is 0.000000584. The highest BCUT2D eigenvalue weighted by molar-refractivity contribution is 6.01. The fraction of sp³-hybridized carbons (Fsp3) is 0.409. The number of alkyl carbamates (subject to hydrolysis) is 1. The molecule has 8 heteroatoms. The Bertz CT molecular complexity index is 659. The minimum Gasteiger partial charge on any atom is -0.491 e. The molecule has 8 nitrogen and oxygen atoms in total. The van der Waals surface area contributed by atoms with Crippen LogP contribution in [0.3, 0.4) is 0 Å². The van der Waals surface area contributed by atoms with Crippen LogP contribution in [0.2, 0.25) is 0 Å². The Kier molecular flexibility index (Phi) is 16.1. The number of benzene rings is 1. The molecule has 0 aromatic heterocycles. The van der Waals surface area contributed by atoms with E-state index >= 15 is 0 Å². The largest absolute Gasteiger partial charge is 0.491 e. The number of esters is 1. The van der Waals surface area contributed by atoms with E-state index in [2.05, 4.69) is 13.2 Å². The van der Waals surface area contributed by atoms with Crippen LogP contribution in [0.5, 0.6) is 5.75 Å². The van der Waals surface area contributed by atoms with Gasteiger partial charge in [0.2, 0.25) is 0 Å². The normalized spacial score (nSPS) is 9.40. The van der Waals surface area contributed by atoms with Crippen LogP contribution in [0.25, 0.3) is 0 Å². The lowest BCUT2D eigenvalue weighted by atomic mass is 10.3. The predicted molar refractivity (Wildman–Crippen MR) is 113 cm³/mol. The minimum absolute atomic E-state index is 0.232. The number of hydrogen-bond acceptors (Lipinski definition) is 7. The maximum atomic E-state index is 10.9. The van der Waals surface area contributed by atoms with E-state index in [9.17, 15) is 14.4 Å². The lowest BCUT2D eigenvalue weighted by Gasteiger charge is -2.06. The number of para-hydroxylation sites is 1. The number of nitrogens with one attached hydrogen (secondary N) is 1. The van der Waals surface area contributed by atoms with Gasteiger partial charge in [-0.25, -0.2) is 9.59 Å². The number of imide groups is 1. The van der Waals surface area contributed by atoms with Crippen LogP contribution >= 0.6 is 0 Å². The van der Waals surface area contributed by atoms with Crippen LogP contribution in [0.15, 0.2) is 55.1 Å². The molecule has 0 radical (unpaired) electrons. The SMILES string of the molecule is C=C(C)C(=O)NC(=O)OCCCC.C=CC(=O)OCCOCCOc1ccccc1. The van der Waals surface area contributed by atoms with Gasteiger partial charge >= 0.3 is 12.1 Å². The predicted octanol–water partition coefficient (Wildman–Crippen LogP) is 3.43. The van der Waals surface area contributed by atoms with Gasteiger partial charge in [0.05, 0.1) is 19.8 Å². The maximum absolute atomic E-state index is 10.9. The molecule has 0 saturated carbocycles. The van der Waals surface area contributed by atoms with Crippen LogP contribution in [-0.2, 0) is 23.8 Å². The quantitative estimate of drug-likeness (QED) is 0.313. The first-order valence-corrected chi connectivity index (χ1v) is 9.59. The first-order valence-electron chi connectivity index (χ1n) is 9.59. The Labute approximate surface area is 177 Å². The summed E-state index contributed by atoms with van der Waals surface area (Å²) in [6.45, 7) is 12.0. The molecule has 0 bridgehead atoms. The highest BCUT2D eigenvalue weighted by Crippen LogP contribution is 2.07. The molecule has 166 valence electrons. The molecule has 1 rings (SSSR count). The molecule has 0 aliphatic rings. The van der Waals surface area contributed by atoms with E-state index in [1.807, 2.05) is 42.6 Å². The second-order valence-electron chi connectivity index (χ2n) is 5.87. The molecule has 2 amide bonds. The summed E-state index contributed by atoms with van der Waals surface area (Å²) < 4.78 is 20.0. The smallest absolute Gasteiger partial charge is 0.414 e. The lowest BCUT2D eigenvalue weighted by Crippen LogP contribution is -2.31. The molecule has 1 aromatic carbocycles. The van der Waals surface area contributed by atoms with Crippen LogP contribution in [0.4, 0.5) is 4.79 Å². The summed E-state index contributed by atoms with van der Waals surface area (Å²) in [6.07, 6.45) is 2.16. The summed E-state index contributed by atoms with van der Waals surface area (Å²) in [5, 5.41) is 2.04. The third-order valence-electron chi connectivity index (χ3n) is 3.21. The molecule has 0 aliphatic heterocycles. The standard InChI is InChI=1S/C13H16O4.C9H15NO3/c1-2-13(14)17-11-9-15-8-10-16-12-6-4-3-5-7-12;1-4-5-6-13-9(12)10-8(11)7(2)3/h2-7H,1,8-11H2;2,4-6H2,1,3H3,(H,10,11,12). The molecule has 30 heavy (non-hydrogen) atoms. The summed E-state index contributed by atoms with van der Waals surface area (Å²) in [5.74, 6) is -0.121. The van der Waals surface area contributed by atoms with Crippen LogP contribution in [0.1, 0.15) is 26.7 Å². The number of ether oxygens (including phenoxy) is 4. The fourth-order valence-corrected chi connectivity index (χ4v) is 1.64. The third kappa shape index (κ3) is 15.9. The van der Waals surface area contributed by atoms with Crippen LogP contribution in [-0.4, -0.2) is 51.0 Å². The highest BCUT2D eigenvalue weighted by atomic mass is 16.6. The topological polar surface area (TPSA) is 100 Å². The lowest BCUT2D eigenvalue weighted by molar-refractivity contribution is -0.139. The molecular weight excluding hydrogens is 390 g/mol. The van der Waals surface area contributed by atoms with Crippen molar-refractivity contribution >= 4 is 18.0 Å². The van der Waals surface area contributed by atoms with Gasteiger partial charge in [0.15, 0.2) is 0 Å². The number of amides is 2. The zero-order valence-electron chi connectivity index (χ0n) is 17.7. The zero-order chi connectivity index (χ0) is 22.6. The average molecular weight is 421 g/mol. The average Bonchev–Trinajstić information content (AvgIpc) is 2.74. The van der Waals surface area contributed by atoms with Crippen molar-refractivity contribution < 1.29 is 33.3 Å². The number of rotatable bonds is 12. The summed E-state index contributed by atoms with van der Waals surface area (Å²) in [4.78, 5) is 32.4. The number of carbonyl (C=O) groups excluding carboxylic acids is 3. The Morgan fingerprint density at radius 1 is 1.00 bits per heavy atom. The van der Waals surface area contributed by atoms with Crippen molar-refractivity contribution in [3.63, 3.8) is 0 Å². The first-order chi connectivity index (χ1) is 14.4. The van der Waals surface area contributed by atoms with Gasteiger partial charge in [0, 0.05) is 11.6 Å². The monoisotopic (exact) mass is 421 g/mol. The second kappa shape index (κ2) is 17.9. The third-order valence-corrected chi connectivity index (χ3v) is 3.21. The van der Waals surface area contributed by atoms with Gasteiger partial charge in [-0.2, -0.15) is 0 Å². The second-order valence-corrected chi connectivity index (χ2v) is 5.87. The molecule has 0 fully saturated rings. The first kappa shape index (κ1) is 26.9. The van der Waals surface area contributed by atoms with Crippen molar-refractivity contribution in [2.24, 2.45) is 0 Å². The van der Waals surface area contributed by atoms with E-state index in [0.29, 0.717) is 26.4 Å². The van der Waals surface area contributed by atoms with Gasteiger partial charge in [-0.1, -0.05) is 44.7 Å². The molecule has 0 aliphatic carbocycles. The van der Waals surface area contributed by atoms with Gasteiger partial charge in [-0.05, 0) is 25.5 Å². The summed E-state index contributed by atoms with van der Waals surface area (Å²) in [5.41, 5.74) is 0.285.